The summed E-state index contributed by atoms with van der Waals surface area (Å²) in [5.74, 6) is 0.723. The summed E-state index contributed by atoms with van der Waals surface area (Å²) in [4.78, 5) is 4.23. The van der Waals surface area contributed by atoms with Gasteiger partial charge < -0.3 is 5.73 Å². The van der Waals surface area contributed by atoms with Crippen molar-refractivity contribution in [1.29, 1.82) is 0 Å². The number of aryl methyl sites for hydroxylation is 1. The van der Waals surface area contributed by atoms with Crippen LogP contribution >= 0.6 is 9.24 Å². The topological polar surface area (TPSA) is 43.8 Å². The minimum atomic E-state index is 0.723. The second-order valence-corrected chi connectivity index (χ2v) is 3.77. The lowest BCUT2D eigenvalue weighted by atomic mass is 10.3. The van der Waals surface area contributed by atoms with Gasteiger partial charge in [0, 0.05) is 11.1 Å². The van der Waals surface area contributed by atoms with E-state index >= 15 is 0 Å². The van der Waals surface area contributed by atoms with Crippen molar-refractivity contribution >= 4 is 20.5 Å². The molecule has 2 N–H and O–H groups in total. The van der Waals surface area contributed by atoms with E-state index in [4.69, 9.17) is 5.73 Å². The van der Waals surface area contributed by atoms with Gasteiger partial charge in [-0.3, -0.25) is 9.55 Å². The molecule has 0 fully saturated rings. The zero-order chi connectivity index (χ0) is 10.1. The molecule has 0 aromatic carbocycles. The lowest BCUT2D eigenvalue weighted by Gasteiger charge is -2.07. The van der Waals surface area contributed by atoms with E-state index in [1.165, 1.54) is 0 Å². The van der Waals surface area contributed by atoms with Crippen molar-refractivity contribution in [2.75, 3.05) is 5.73 Å². The summed E-state index contributed by atoms with van der Waals surface area (Å²) in [7, 11) is 2.65. The Morgan fingerprint density at radius 1 is 1.29 bits per heavy atom. The Bertz CT molecular complexity index is 425. The molecule has 0 spiro atoms. The number of nitrogen functional groups attached to an aromatic ring is 1. The van der Waals surface area contributed by atoms with Crippen LogP contribution in [0, 0.1) is 6.92 Å². The van der Waals surface area contributed by atoms with Gasteiger partial charge in [-0.05, 0) is 31.2 Å². The molecule has 0 amide bonds. The van der Waals surface area contributed by atoms with E-state index in [-0.39, 0.29) is 0 Å². The van der Waals surface area contributed by atoms with Gasteiger partial charge in [-0.2, -0.15) is 0 Å². The Hall–Kier alpha value is -1.34. The number of pyridine rings is 1. The Kier molecular flexibility index (Phi) is 2.26. The van der Waals surface area contributed by atoms with Gasteiger partial charge in [-0.25, -0.2) is 0 Å². The summed E-state index contributed by atoms with van der Waals surface area (Å²) in [6.07, 6.45) is 1.82. The molecule has 2 aromatic heterocycles. The van der Waals surface area contributed by atoms with E-state index in [1.54, 1.807) is 0 Å². The quantitative estimate of drug-likeness (QED) is 0.712. The highest BCUT2D eigenvalue weighted by atomic mass is 31.0. The molecule has 2 rings (SSSR count). The molecule has 1 atom stereocenters. The first-order valence-corrected chi connectivity index (χ1v) is 4.92. The van der Waals surface area contributed by atoms with Gasteiger partial charge in [0.2, 0.25) is 0 Å². The summed E-state index contributed by atoms with van der Waals surface area (Å²) < 4.78 is 1.94. The van der Waals surface area contributed by atoms with Gasteiger partial charge in [0.05, 0.1) is 11.9 Å². The number of hydrogen-bond donors (Lipinski definition) is 1. The molecule has 3 nitrogen and oxygen atoms in total. The maximum atomic E-state index is 5.83. The average molecular weight is 205 g/mol. The highest BCUT2D eigenvalue weighted by Gasteiger charge is 2.03. The third kappa shape index (κ3) is 1.51. The maximum Gasteiger partial charge on any atom is 0.108 e. The van der Waals surface area contributed by atoms with Crippen LogP contribution in [0.25, 0.3) is 5.69 Å². The van der Waals surface area contributed by atoms with Crippen molar-refractivity contribution < 1.29 is 0 Å². The van der Waals surface area contributed by atoms with Gasteiger partial charge in [0.15, 0.2) is 0 Å². The molecule has 14 heavy (non-hydrogen) atoms. The molecule has 0 bridgehead atoms. The van der Waals surface area contributed by atoms with E-state index in [0.717, 1.165) is 22.6 Å². The smallest absolute Gasteiger partial charge is 0.108 e. The largest absolute Gasteiger partial charge is 0.385 e. The van der Waals surface area contributed by atoms with Crippen molar-refractivity contribution in [2.24, 2.45) is 0 Å². The lowest BCUT2D eigenvalue weighted by molar-refractivity contribution is 1.08. The Morgan fingerprint density at radius 2 is 2.07 bits per heavy atom. The summed E-state index contributed by atoms with van der Waals surface area (Å²) in [6.45, 7) is 1.96. The summed E-state index contributed by atoms with van der Waals surface area (Å²) in [6, 6.07) is 7.81. The molecule has 0 aliphatic carbocycles. The van der Waals surface area contributed by atoms with Crippen LogP contribution in [0.4, 0.5) is 5.82 Å². The number of aromatic nitrogens is 2. The predicted octanol–water partition coefficient (Wildman–Crippen LogP) is 1.26. The standard InChI is InChI=1S/C10H12N3P/c1-7-2-3-8(6-12-7)13-9(11)4-5-10(13)14/h2-6H,11,14H2,1H3. The molecule has 72 valence electrons. The summed E-state index contributed by atoms with van der Waals surface area (Å²) in [5.41, 5.74) is 8.86. The van der Waals surface area contributed by atoms with E-state index in [9.17, 15) is 0 Å². The SMILES string of the molecule is Cc1ccc(-n2c(N)ccc2P)cn1. The lowest BCUT2D eigenvalue weighted by Crippen LogP contribution is -2.10. The second-order valence-electron chi connectivity index (χ2n) is 3.18. The zero-order valence-corrected chi connectivity index (χ0v) is 9.09. The van der Waals surface area contributed by atoms with Gasteiger partial charge in [-0.15, -0.1) is 0 Å². The monoisotopic (exact) mass is 205 g/mol. The third-order valence-corrected chi connectivity index (χ3v) is 2.55. The minimum Gasteiger partial charge on any atom is -0.385 e. The maximum absolute atomic E-state index is 5.83. The Labute approximate surface area is 85.2 Å². The van der Waals surface area contributed by atoms with Gasteiger partial charge >= 0.3 is 0 Å². The molecular formula is C10H12N3P. The molecule has 0 aliphatic heterocycles. The summed E-state index contributed by atoms with van der Waals surface area (Å²) >= 11 is 0. The molecule has 0 aliphatic rings. The van der Waals surface area contributed by atoms with E-state index in [1.807, 2.05) is 42.0 Å². The highest BCUT2D eigenvalue weighted by molar-refractivity contribution is 7.27. The van der Waals surface area contributed by atoms with Gasteiger partial charge in [-0.1, -0.05) is 9.24 Å². The molecule has 0 saturated heterocycles. The second kappa shape index (κ2) is 3.43. The van der Waals surface area contributed by atoms with Gasteiger partial charge in [0.25, 0.3) is 0 Å². The Balaban J connectivity index is 2.54. The van der Waals surface area contributed by atoms with Crippen molar-refractivity contribution in [3.8, 4) is 5.69 Å². The molecule has 0 saturated carbocycles. The molecule has 2 heterocycles. The molecule has 1 unspecified atom stereocenters. The van der Waals surface area contributed by atoms with Crippen molar-refractivity contribution in [3.63, 3.8) is 0 Å². The van der Waals surface area contributed by atoms with Crippen LogP contribution in [0.5, 0.6) is 0 Å². The number of nitrogens with two attached hydrogens (primary N) is 1. The van der Waals surface area contributed by atoms with Crippen LogP contribution in [0.2, 0.25) is 0 Å². The fraction of sp³-hybridized carbons (Fsp3) is 0.100. The average Bonchev–Trinajstić information content (AvgIpc) is 2.49. The minimum absolute atomic E-state index is 0.723. The van der Waals surface area contributed by atoms with Crippen LogP contribution in [0.1, 0.15) is 5.69 Å². The highest BCUT2D eigenvalue weighted by Crippen LogP contribution is 2.13. The van der Waals surface area contributed by atoms with Crippen LogP contribution < -0.4 is 11.2 Å². The third-order valence-electron chi connectivity index (χ3n) is 2.10. The Morgan fingerprint density at radius 3 is 2.57 bits per heavy atom. The van der Waals surface area contributed by atoms with Crippen molar-refractivity contribution in [1.82, 2.24) is 9.55 Å². The number of nitrogens with zero attached hydrogens (tertiary/aromatic N) is 2. The van der Waals surface area contributed by atoms with Crippen molar-refractivity contribution in [3.05, 3.63) is 36.2 Å². The van der Waals surface area contributed by atoms with E-state index < -0.39 is 0 Å². The van der Waals surface area contributed by atoms with Crippen LogP contribution in [-0.2, 0) is 0 Å². The van der Waals surface area contributed by atoms with Gasteiger partial charge in [0.1, 0.15) is 5.82 Å². The van der Waals surface area contributed by atoms with Crippen molar-refractivity contribution in [2.45, 2.75) is 6.92 Å². The zero-order valence-electron chi connectivity index (χ0n) is 7.94. The first-order chi connectivity index (χ1) is 6.68. The predicted molar refractivity (Wildman–Crippen MR) is 62.1 cm³/mol. The molecular weight excluding hydrogens is 193 g/mol. The molecule has 4 heteroatoms. The molecule has 2 aromatic rings. The van der Waals surface area contributed by atoms with Crippen LogP contribution in [-0.4, -0.2) is 9.55 Å². The fourth-order valence-electron chi connectivity index (χ4n) is 1.36. The normalized spacial score (nSPS) is 10.4. The first kappa shape index (κ1) is 9.22. The first-order valence-electron chi connectivity index (χ1n) is 4.34. The van der Waals surface area contributed by atoms with Crippen LogP contribution in [0.15, 0.2) is 30.5 Å². The van der Waals surface area contributed by atoms with Crippen LogP contribution in [0.3, 0.4) is 0 Å². The number of hydrogen-bond acceptors (Lipinski definition) is 2. The molecule has 0 radical (unpaired) electrons. The number of rotatable bonds is 1. The van der Waals surface area contributed by atoms with E-state index in [0.29, 0.717) is 0 Å². The fourth-order valence-corrected chi connectivity index (χ4v) is 1.75. The summed E-state index contributed by atoms with van der Waals surface area (Å²) in [5, 5.41) is 0. The van der Waals surface area contributed by atoms with E-state index in [2.05, 4.69) is 14.2 Å². The number of anilines is 1.